The molecule has 0 unspecified atom stereocenters. The monoisotopic (exact) mass is 294 g/mol. The van der Waals surface area contributed by atoms with Crippen molar-refractivity contribution in [2.24, 2.45) is 4.99 Å². The first-order valence-corrected chi connectivity index (χ1v) is 6.98. The number of aliphatic imine (C=N–C) groups is 1. The van der Waals surface area contributed by atoms with Gasteiger partial charge in [0.15, 0.2) is 0 Å². The summed E-state index contributed by atoms with van der Waals surface area (Å²) in [5.74, 6) is -0.0978. The van der Waals surface area contributed by atoms with Gasteiger partial charge in [-0.3, -0.25) is 4.79 Å². The van der Waals surface area contributed by atoms with Gasteiger partial charge in [0.2, 0.25) is 0 Å². The van der Waals surface area contributed by atoms with E-state index in [-0.39, 0.29) is 17.4 Å². The highest BCUT2D eigenvalue weighted by atomic mass is 19.1. The molecule has 0 atom stereocenters. The van der Waals surface area contributed by atoms with E-state index in [2.05, 4.69) is 10.3 Å². The zero-order chi connectivity index (χ0) is 15.7. The number of carbonyl (C=O) groups is 1. The summed E-state index contributed by atoms with van der Waals surface area (Å²) in [4.78, 5) is 16.3. The van der Waals surface area contributed by atoms with E-state index in [1.165, 1.54) is 17.7 Å². The third-order valence-electron chi connectivity index (χ3n) is 3.63. The summed E-state index contributed by atoms with van der Waals surface area (Å²) in [5, 5.41) is 2.75. The molecular weight excluding hydrogens is 279 g/mol. The number of aryl methyl sites for hydroxylation is 2. The molecule has 2 aromatic rings. The summed E-state index contributed by atoms with van der Waals surface area (Å²) in [6, 6.07) is 12.0. The second kappa shape index (κ2) is 5.56. The van der Waals surface area contributed by atoms with Crippen molar-refractivity contribution >= 4 is 17.8 Å². The fourth-order valence-electron chi connectivity index (χ4n) is 2.25. The van der Waals surface area contributed by atoms with Crippen LogP contribution in [0.5, 0.6) is 0 Å². The van der Waals surface area contributed by atoms with Gasteiger partial charge in [0.1, 0.15) is 17.3 Å². The Hall–Kier alpha value is -2.75. The van der Waals surface area contributed by atoms with Crippen LogP contribution in [0.3, 0.4) is 0 Å². The lowest BCUT2D eigenvalue weighted by Crippen LogP contribution is -2.24. The molecule has 1 heterocycles. The van der Waals surface area contributed by atoms with Gasteiger partial charge in [-0.05, 0) is 54.8 Å². The fourth-order valence-corrected chi connectivity index (χ4v) is 2.25. The summed E-state index contributed by atoms with van der Waals surface area (Å²) >= 11 is 0. The maximum absolute atomic E-state index is 13.2. The van der Waals surface area contributed by atoms with E-state index < -0.39 is 0 Å². The standard InChI is InChI=1S/C18H15FN2O/c1-11-6-7-14(8-12(11)2)17-20-16(18(22)21-17)10-13-4-3-5-15(19)9-13/h3-10H,1-2H3,(H,20,21,22)/b16-10+. The van der Waals surface area contributed by atoms with Crippen LogP contribution in [0, 0.1) is 19.7 Å². The quantitative estimate of drug-likeness (QED) is 0.848. The SMILES string of the molecule is Cc1ccc(C2=N/C(=C/c3cccc(F)c3)C(=O)N2)cc1C. The number of hydrogen-bond acceptors (Lipinski definition) is 2. The summed E-state index contributed by atoms with van der Waals surface area (Å²) < 4.78 is 13.2. The van der Waals surface area contributed by atoms with Gasteiger partial charge in [0.05, 0.1) is 0 Å². The summed E-state index contributed by atoms with van der Waals surface area (Å²) in [5.41, 5.74) is 4.06. The molecule has 0 bridgehead atoms. The highest BCUT2D eigenvalue weighted by molar-refractivity contribution is 6.19. The topological polar surface area (TPSA) is 41.5 Å². The minimum absolute atomic E-state index is 0.277. The van der Waals surface area contributed by atoms with E-state index in [0.717, 1.165) is 11.1 Å². The van der Waals surface area contributed by atoms with Gasteiger partial charge in [-0.2, -0.15) is 0 Å². The predicted octanol–water partition coefficient (Wildman–Crippen LogP) is 3.36. The largest absolute Gasteiger partial charge is 0.305 e. The molecule has 0 saturated carbocycles. The van der Waals surface area contributed by atoms with Gasteiger partial charge < -0.3 is 5.32 Å². The number of amidine groups is 1. The van der Waals surface area contributed by atoms with E-state index in [9.17, 15) is 9.18 Å². The number of amides is 1. The van der Waals surface area contributed by atoms with Gasteiger partial charge in [-0.1, -0.05) is 24.3 Å². The molecule has 3 rings (SSSR count). The predicted molar refractivity (Wildman–Crippen MR) is 85.0 cm³/mol. The highest BCUT2D eigenvalue weighted by Crippen LogP contribution is 2.17. The van der Waals surface area contributed by atoms with Crippen LogP contribution in [0.2, 0.25) is 0 Å². The number of halogens is 1. The lowest BCUT2D eigenvalue weighted by Gasteiger charge is -2.04. The average molecular weight is 294 g/mol. The third kappa shape index (κ3) is 2.81. The highest BCUT2D eigenvalue weighted by Gasteiger charge is 2.21. The van der Waals surface area contributed by atoms with Gasteiger partial charge >= 0.3 is 0 Å². The second-order valence-electron chi connectivity index (χ2n) is 5.30. The minimum Gasteiger partial charge on any atom is -0.305 e. The maximum Gasteiger partial charge on any atom is 0.275 e. The zero-order valence-corrected chi connectivity index (χ0v) is 12.4. The third-order valence-corrected chi connectivity index (χ3v) is 3.63. The number of nitrogens with zero attached hydrogens (tertiary/aromatic N) is 1. The average Bonchev–Trinajstić information content (AvgIpc) is 2.83. The fraction of sp³-hybridized carbons (Fsp3) is 0.111. The lowest BCUT2D eigenvalue weighted by atomic mass is 10.1. The molecule has 0 aliphatic carbocycles. The van der Waals surface area contributed by atoms with Crippen LogP contribution in [0.1, 0.15) is 22.3 Å². The Labute approximate surface area is 128 Å². The number of nitrogens with one attached hydrogen (secondary N) is 1. The Bertz CT molecular complexity index is 822. The first-order valence-electron chi connectivity index (χ1n) is 6.98. The summed E-state index contributed by atoms with van der Waals surface area (Å²) in [6.45, 7) is 4.04. The summed E-state index contributed by atoms with van der Waals surface area (Å²) in [7, 11) is 0. The first kappa shape index (κ1) is 14.2. The van der Waals surface area contributed by atoms with E-state index >= 15 is 0 Å². The molecule has 0 spiro atoms. The molecule has 1 amide bonds. The molecule has 0 fully saturated rings. The molecule has 22 heavy (non-hydrogen) atoms. The van der Waals surface area contributed by atoms with Crippen molar-refractivity contribution in [2.45, 2.75) is 13.8 Å². The lowest BCUT2D eigenvalue weighted by molar-refractivity contribution is -0.115. The molecule has 110 valence electrons. The maximum atomic E-state index is 13.2. The van der Waals surface area contributed by atoms with Crippen LogP contribution >= 0.6 is 0 Å². The molecule has 0 radical (unpaired) electrons. The van der Waals surface area contributed by atoms with E-state index in [1.54, 1.807) is 18.2 Å². The van der Waals surface area contributed by atoms with Gasteiger partial charge in [0, 0.05) is 5.56 Å². The van der Waals surface area contributed by atoms with Crippen molar-refractivity contribution in [1.82, 2.24) is 5.32 Å². The van der Waals surface area contributed by atoms with Crippen LogP contribution in [0.25, 0.3) is 6.08 Å². The summed E-state index contributed by atoms with van der Waals surface area (Å²) in [6.07, 6.45) is 1.58. The van der Waals surface area contributed by atoms with Crippen LogP contribution in [0.4, 0.5) is 4.39 Å². The molecule has 1 aliphatic heterocycles. The smallest absolute Gasteiger partial charge is 0.275 e. The van der Waals surface area contributed by atoms with E-state index in [4.69, 9.17) is 0 Å². The Morgan fingerprint density at radius 3 is 2.64 bits per heavy atom. The van der Waals surface area contributed by atoms with Crippen molar-refractivity contribution in [1.29, 1.82) is 0 Å². The number of benzene rings is 2. The molecule has 1 N–H and O–H groups in total. The van der Waals surface area contributed by atoms with Crippen LogP contribution < -0.4 is 5.32 Å². The zero-order valence-electron chi connectivity index (χ0n) is 12.4. The Kier molecular flexibility index (Phi) is 3.59. The Morgan fingerprint density at radius 2 is 1.91 bits per heavy atom. The minimum atomic E-state index is -0.342. The Balaban J connectivity index is 1.96. The second-order valence-corrected chi connectivity index (χ2v) is 5.30. The van der Waals surface area contributed by atoms with Gasteiger partial charge in [0.25, 0.3) is 5.91 Å². The van der Waals surface area contributed by atoms with Crippen molar-refractivity contribution in [3.8, 4) is 0 Å². The number of rotatable bonds is 2. The Morgan fingerprint density at radius 1 is 1.09 bits per heavy atom. The molecule has 3 nitrogen and oxygen atoms in total. The van der Waals surface area contributed by atoms with Gasteiger partial charge in [-0.25, -0.2) is 9.38 Å². The normalized spacial score (nSPS) is 15.9. The molecule has 2 aromatic carbocycles. The van der Waals surface area contributed by atoms with Crippen LogP contribution in [-0.4, -0.2) is 11.7 Å². The molecular formula is C18H15FN2O. The van der Waals surface area contributed by atoms with Crippen LogP contribution in [0.15, 0.2) is 53.2 Å². The van der Waals surface area contributed by atoms with E-state index in [1.807, 2.05) is 32.0 Å². The molecule has 0 saturated heterocycles. The first-order chi connectivity index (χ1) is 10.5. The molecule has 0 aromatic heterocycles. The molecule has 4 heteroatoms. The van der Waals surface area contributed by atoms with E-state index in [0.29, 0.717) is 11.4 Å². The van der Waals surface area contributed by atoms with Crippen LogP contribution in [-0.2, 0) is 4.79 Å². The number of carbonyl (C=O) groups excluding carboxylic acids is 1. The van der Waals surface area contributed by atoms with Crippen molar-refractivity contribution in [3.05, 3.63) is 76.2 Å². The number of hydrogen-bond donors (Lipinski definition) is 1. The van der Waals surface area contributed by atoms with Crippen molar-refractivity contribution in [3.63, 3.8) is 0 Å². The van der Waals surface area contributed by atoms with Gasteiger partial charge in [-0.15, -0.1) is 0 Å². The van der Waals surface area contributed by atoms with Crippen molar-refractivity contribution < 1.29 is 9.18 Å². The van der Waals surface area contributed by atoms with Crippen molar-refractivity contribution in [2.75, 3.05) is 0 Å². The molecule has 1 aliphatic rings.